The van der Waals surface area contributed by atoms with Gasteiger partial charge in [-0.15, -0.1) is 10.2 Å². The van der Waals surface area contributed by atoms with Crippen LogP contribution in [0.5, 0.6) is 0 Å². The molecule has 0 atom stereocenters. The zero-order valence-electron chi connectivity index (χ0n) is 14.9. The third-order valence-electron chi connectivity index (χ3n) is 5.34. The molecule has 8 nitrogen and oxygen atoms in total. The van der Waals surface area contributed by atoms with E-state index < -0.39 is 0 Å². The maximum absolute atomic E-state index is 9.30. The number of anilines is 2. The van der Waals surface area contributed by atoms with Crippen molar-refractivity contribution in [2.75, 3.05) is 23.3 Å². The number of rotatable bonds is 4. The molecule has 27 heavy (non-hydrogen) atoms. The third-order valence-corrected chi connectivity index (χ3v) is 5.34. The van der Waals surface area contributed by atoms with E-state index in [9.17, 15) is 5.26 Å². The van der Waals surface area contributed by atoms with Gasteiger partial charge >= 0.3 is 0 Å². The zero-order valence-corrected chi connectivity index (χ0v) is 14.9. The van der Waals surface area contributed by atoms with Gasteiger partial charge in [0.2, 0.25) is 5.65 Å². The monoisotopic (exact) mass is 360 g/mol. The van der Waals surface area contributed by atoms with Crippen LogP contribution in [-0.2, 0) is 0 Å². The first-order chi connectivity index (χ1) is 13.3. The zero-order chi connectivity index (χ0) is 18.2. The van der Waals surface area contributed by atoms with Crippen LogP contribution >= 0.6 is 0 Å². The van der Waals surface area contributed by atoms with Crippen molar-refractivity contribution in [1.82, 2.24) is 24.8 Å². The summed E-state index contributed by atoms with van der Waals surface area (Å²) >= 11 is 0. The standard InChI is InChI=1S/C19H20N8/c20-11-14-2-1-7-21-18(14)26-8-5-15(6-9-26)23-17-10-16(13-3-4-13)25-27-12-22-24-19(17)27/h1-2,7,10,12-13,15,23H,3-6,8-9H2. The molecule has 1 saturated carbocycles. The summed E-state index contributed by atoms with van der Waals surface area (Å²) in [6.07, 6.45) is 7.79. The number of nitrogens with one attached hydrogen (secondary N) is 1. The number of hydrogen-bond acceptors (Lipinski definition) is 7. The van der Waals surface area contributed by atoms with Gasteiger partial charge in [-0.05, 0) is 43.9 Å². The third kappa shape index (κ3) is 3.05. The predicted molar refractivity (Wildman–Crippen MR) is 101 cm³/mol. The van der Waals surface area contributed by atoms with Gasteiger partial charge < -0.3 is 10.2 Å². The average molecular weight is 360 g/mol. The highest BCUT2D eigenvalue weighted by atomic mass is 15.4. The second-order valence-corrected chi connectivity index (χ2v) is 7.25. The quantitative estimate of drug-likeness (QED) is 0.763. The maximum Gasteiger partial charge on any atom is 0.200 e. The highest BCUT2D eigenvalue weighted by Crippen LogP contribution is 2.40. The lowest BCUT2D eigenvalue weighted by molar-refractivity contribution is 0.523. The minimum atomic E-state index is 0.352. The van der Waals surface area contributed by atoms with Gasteiger partial charge in [-0.1, -0.05) is 0 Å². The molecular formula is C19H20N8. The Morgan fingerprint density at radius 3 is 2.81 bits per heavy atom. The Morgan fingerprint density at radius 1 is 1.19 bits per heavy atom. The van der Waals surface area contributed by atoms with E-state index in [1.54, 1.807) is 23.1 Å². The van der Waals surface area contributed by atoms with Crippen LogP contribution in [0.4, 0.5) is 11.5 Å². The molecule has 0 bridgehead atoms. The van der Waals surface area contributed by atoms with Gasteiger partial charge in [-0.3, -0.25) is 0 Å². The van der Waals surface area contributed by atoms with E-state index in [0.717, 1.165) is 48.8 Å². The molecule has 2 fully saturated rings. The molecule has 3 aromatic heterocycles. The van der Waals surface area contributed by atoms with Gasteiger partial charge in [0, 0.05) is 31.2 Å². The van der Waals surface area contributed by atoms with E-state index in [2.05, 4.69) is 42.6 Å². The number of pyridine rings is 1. The van der Waals surface area contributed by atoms with Crippen LogP contribution < -0.4 is 10.2 Å². The van der Waals surface area contributed by atoms with E-state index in [-0.39, 0.29) is 0 Å². The molecule has 136 valence electrons. The lowest BCUT2D eigenvalue weighted by atomic mass is 10.0. The summed E-state index contributed by atoms with van der Waals surface area (Å²) < 4.78 is 1.78. The second kappa shape index (κ2) is 6.50. The SMILES string of the molecule is N#Cc1cccnc1N1CCC(Nc2cc(C3CC3)nn3cnnc23)CC1. The highest BCUT2D eigenvalue weighted by molar-refractivity contribution is 5.67. The van der Waals surface area contributed by atoms with Crippen molar-refractivity contribution < 1.29 is 0 Å². The van der Waals surface area contributed by atoms with Crippen molar-refractivity contribution in [2.24, 2.45) is 0 Å². The van der Waals surface area contributed by atoms with Gasteiger partial charge in [-0.25, -0.2) is 4.98 Å². The van der Waals surface area contributed by atoms with E-state index in [4.69, 9.17) is 0 Å². The average Bonchev–Trinajstić information content (AvgIpc) is 3.46. The molecular weight excluding hydrogens is 340 g/mol. The van der Waals surface area contributed by atoms with E-state index >= 15 is 0 Å². The molecule has 2 aliphatic rings. The Kier molecular flexibility index (Phi) is 3.85. The maximum atomic E-state index is 9.30. The molecule has 1 N–H and O–H groups in total. The summed E-state index contributed by atoms with van der Waals surface area (Å²) in [4.78, 5) is 6.61. The first-order valence-corrected chi connectivity index (χ1v) is 9.39. The molecule has 0 unspecified atom stereocenters. The largest absolute Gasteiger partial charge is 0.379 e. The Morgan fingerprint density at radius 2 is 2.04 bits per heavy atom. The number of hydrogen-bond donors (Lipinski definition) is 1. The smallest absolute Gasteiger partial charge is 0.200 e. The number of piperidine rings is 1. The molecule has 3 aromatic rings. The number of nitrogens with zero attached hydrogens (tertiary/aromatic N) is 7. The van der Waals surface area contributed by atoms with Crippen LogP contribution in [-0.4, -0.2) is 43.9 Å². The Bertz CT molecular complexity index is 1010. The van der Waals surface area contributed by atoms with Crippen molar-refractivity contribution >= 4 is 17.2 Å². The van der Waals surface area contributed by atoms with Gasteiger partial charge in [0.1, 0.15) is 18.2 Å². The summed E-state index contributed by atoms with van der Waals surface area (Å²) in [5.41, 5.74) is 3.54. The van der Waals surface area contributed by atoms with Crippen LogP contribution in [0.2, 0.25) is 0 Å². The molecule has 0 aromatic carbocycles. The van der Waals surface area contributed by atoms with Crippen LogP contribution in [0.3, 0.4) is 0 Å². The molecule has 5 rings (SSSR count). The topological polar surface area (TPSA) is 95.0 Å². The van der Waals surface area contributed by atoms with Crippen LogP contribution in [0.25, 0.3) is 5.65 Å². The molecule has 1 aliphatic carbocycles. The van der Waals surface area contributed by atoms with E-state index in [1.807, 2.05) is 6.07 Å². The van der Waals surface area contributed by atoms with Gasteiger partial charge in [0.05, 0.1) is 16.9 Å². The minimum Gasteiger partial charge on any atom is -0.379 e. The fraction of sp³-hybridized carbons (Fsp3) is 0.421. The fourth-order valence-electron chi connectivity index (χ4n) is 3.72. The summed E-state index contributed by atoms with van der Waals surface area (Å²) in [6, 6.07) is 8.36. The number of aromatic nitrogens is 5. The molecule has 1 saturated heterocycles. The number of nitriles is 1. The molecule has 1 aliphatic heterocycles. The van der Waals surface area contributed by atoms with Crippen LogP contribution in [0, 0.1) is 11.3 Å². The molecule has 0 spiro atoms. The first-order valence-electron chi connectivity index (χ1n) is 9.39. The van der Waals surface area contributed by atoms with Crippen molar-refractivity contribution in [3.8, 4) is 6.07 Å². The summed E-state index contributed by atoms with van der Waals surface area (Å²) in [6.45, 7) is 1.74. The van der Waals surface area contributed by atoms with Crippen LogP contribution in [0.15, 0.2) is 30.7 Å². The van der Waals surface area contributed by atoms with Gasteiger partial charge in [0.25, 0.3) is 0 Å². The first kappa shape index (κ1) is 16.0. The summed E-state index contributed by atoms with van der Waals surface area (Å²) in [5, 5.41) is 25.8. The molecule has 0 radical (unpaired) electrons. The fourth-order valence-corrected chi connectivity index (χ4v) is 3.72. The van der Waals surface area contributed by atoms with Crippen LogP contribution in [0.1, 0.15) is 42.9 Å². The second-order valence-electron chi connectivity index (χ2n) is 7.25. The van der Waals surface area contributed by atoms with Crippen molar-refractivity contribution in [3.63, 3.8) is 0 Å². The summed E-state index contributed by atoms with van der Waals surface area (Å²) in [7, 11) is 0. The lowest BCUT2D eigenvalue weighted by Gasteiger charge is -2.34. The van der Waals surface area contributed by atoms with Crippen molar-refractivity contribution in [2.45, 2.75) is 37.6 Å². The van der Waals surface area contributed by atoms with E-state index in [0.29, 0.717) is 17.5 Å². The van der Waals surface area contributed by atoms with Crippen molar-refractivity contribution in [1.29, 1.82) is 5.26 Å². The van der Waals surface area contributed by atoms with Gasteiger partial charge in [0.15, 0.2) is 0 Å². The number of fused-ring (bicyclic) bond motifs is 1. The predicted octanol–water partition coefficient (Wildman–Crippen LogP) is 2.35. The Balaban J connectivity index is 1.32. The minimum absolute atomic E-state index is 0.352. The Hall–Kier alpha value is -3.21. The summed E-state index contributed by atoms with van der Waals surface area (Å²) in [5.74, 6) is 1.37. The highest BCUT2D eigenvalue weighted by Gasteiger charge is 2.28. The van der Waals surface area contributed by atoms with Crippen molar-refractivity contribution in [3.05, 3.63) is 42.0 Å². The molecule has 8 heteroatoms. The molecule has 0 amide bonds. The van der Waals surface area contributed by atoms with E-state index in [1.165, 1.54) is 12.8 Å². The van der Waals surface area contributed by atoms with Gasteiger partial charge in [-0.2, -0.15) is 14.9 Å². The Labute approximate surface area is 156 Å². The lowest BCUT2D eigenvalue weighted by Crippen LogP contribution is -2.40. The molecule has 4 heterocycles. The normalized spacial score (nSPS) is 17.8.